The SMILES string of the molecule is COC(CNC(=O)C(=O)Nc1ccc(F)c(Cl)c1)c1ccsc1. The van der Waals surface area contributed by atoms with Crippen LogP contribution in [0.1, 0.15) is 11.7 Å². The molecule has 0 saturated carbocycles. The molecular formula is C15H14ClFN2O3S. The quantitative estimate of drug-likeness (QED) is 0.809. The Morgan fingerprint density at radius 2 is 2.13 bits per heavy atom. The van der Waals surface area contributed by atoms with Crippen LogP contribution in [0.25, 0.3) is 0 Å². The molecule has 1 heterocycles. The van der Waals surface area contributed by atoms with Gasteiger partial charge in [0.25, 0.3) is 0 Å². The van der Waals surface area contributed by atoms with Crippen molar-refractivity contribution in [2.24, 2.45) is 0 Å². The minimum absolute atomic E-state index is 0.139. The fraction of sp³-hybridized carbons (Fsp3) is 0.200. The van der Waals surface area contributed by atoms with Crippen molar-refractivity contribution in [2.75, 3.05) is 19.0 Å². The Labute approximate surface area is 141 Å². The molecule has 1 unspecified atom stereocenters. The number of hydrogen-bond donors (Lipinski definition) is 2. The van der Waals surface area contributed by atoms with Crippen LogP contribution < -0.4 is 10.6 Å². The topological polar surface area (TPSA) is 67.4 Å². The summed E-state index contributed by atoms with van der Waals surface area (Å²) < 4.78 is 18.3. The van der Waals surface area contributed by atoms with E-state index in [1.54, 1.807) is 0 Å². The summed E-state index contributed by atoms with van der Waals surface area (Å²) in [6.45, 7) is 0.156. The molecule has 2 rings (SSSR count). The summed E-state index contributed by atoms with van der Waals surface area (Å²) in [4.78, 5) is 23.6. The second kappa shape index (κ2) is 8.05. The van der Waals surface area contributed by atoms with Gasteiger partial charge in [-0.3, -0.25) is 9.59 Å². The van der Waals surface area contributed by atoms with Crippen molar-refractivity contribution in [3.8, 4) is 0 Å². The molecule has 0 spiro atoms. The highest BCUT2D eigenvalue weighted by atomic mass is 35.5. The van der Waals surface area contributed by atoms with E-state index < -0.39 is 17.6 Å². The Balaban J connectivity index is 1.89. The number of nitrogens with one attached hydrogen (secondary N) is 2. The lowest BCUT2D eigenvalue weighted by Crippen LogP contribution is -2.37. The van der Waals surface area contributed by atoms with Gasteiger partial charge in [0.1, 0.15) is 11.9 Å². The second-order valence-electron chi connectivity index (χ2n) is 4.57. The van der Waals surface area contributed by atoms with Gasteiger partial charge in [0.15, 0.2) is 0 Å². The van der Waals surface area contributed by atoms with Gasteiger partial charge in [0.05, 0.1) is 5.02 Å². The Kier molecular flexibility index (Phi) is 6.09. The first kappa shape index (κ1) is 17.4. The van der Waals surface area contributed by atoms with Gasteiger partial charge in [-0.1, -0.05) is 11.6 Å². The number of anilines is 1. The smallest absolute Gasteiger partial charge is 0.313 e. The summed E-state index contributed by atoms with van der Waals surface area (Å²) in [5.41, 5.74) is 1.15. The number of ether oxygens (including phenoxy) is 1. The molecule has 0 aliphatic rings. The molecule has 1 aromatic carbocycles. The zero-order valence-electron chi connectivity index (χ0n) is 12.1. The molecule has 2 amide bonds. The number of carbonyl (C=O) groups excluding carboxylic acids is 2. The van der Waals surface area contributed by atoms with Gasteiger partial charge in [0.2, 0.25) is 0 Å². The number of amides is 2. The van der Waals surface area contributed by atoms with Gasteiger partial charge in [-0.25, -0.2) is 4.39 Å². The fourth-order valence-corrected chi connectivity index (χ4v) is 2.71. The number of rotatable bonds is 5. The summed E-state index contributed by atoms with van der Waals surface area (Å²) in [5, 5.41) is 8.50. The third-order valence-electron chi connectivity index (χ3n) is 3.03. The van der Waals surface area contributed by atoms with E-state index in [4.69, 9.17) is 16.3 Å². The van der Waals surface area contributed by atoms with Gasteiger partial charge in [-0.15, -0.1) is 0 Å². The van der Waals surface area contributed by atoms with Crippen LogP contribution in [0.4, 0.5) is 10.1 Å². The summed E-state index contributed by atoms with van der Waals surface area (Å²) >= 11 is 7.13. The summed E-state index contributed by atoms with van der Waals surface area (Å²) in [6.07, 6.45) is -0.335. The number of thiophene rings is 1. The molecule has 0 aliphatic heterocycles. The van der Waals surface area contributed by atoms with E-state index in [1.807, 2.05) is 16.8 Å². The molecule has 5 nitrogen and oxygen atoms in total. The first-order chi connectivity index (χ1) is 11.0. The van der Waals surface area contributed by atoms with Gasteiger partial charge >= 0.3 is 11.8 Å². The summed E-state index contributed by atoms with van der Waals surface area (Å²) in [6, 6.07) is 5.53. The molecule has 0 fully saturated rings. The third-order valence-corrected chi connectivity index (χ3v) is 4.02. The lowest BCUT2D eigenvalue weighted by Gasteiger charge is -2.14. The molecule has 8 heteroatoms. The highest BCUT2D eigenvalue weighted by Gasteiger charge is 2.17. The first-order valence-electron chi connectivity index (χ1n) is 6.60. The number of benzene rings is 1. The van der Waals surface area contributed by atoms with Crippen molar-refractivity contribution in [2.45, 2.75) is 6.10 Å². The highest BCUT2D eigenvalue weighted by Crippen LogP contribution is 2.20. The zero-order chi connectivity index (χ0) is 16.8. The van der Waals surface area contributed by atoms with Crippen molar-refractivity contribution in [1.29, 1.82) is 0 Å². The van der Waals surface area contributed by atoms with Gasteiger partial charge in [-0.2, -0.15) is 11.3 Å². The van der Waals surface area contributed by atoms with E-state index in [0.29, 0.717) is 0 Å². The van der Waals surface area contributed by atoms with Crippen LogP contribution in [0.15, 0.2) is 35.0 Å². The Bertz CT molecular complexity index is 694. The molecule has 2 N–H and O–H groups in total. The molecule has 0 aliphatic carbocycles. The summed E-state index contributed by atoms with van der Waals surface area (Å²) in [5.74, 6) is -2.29. The van der Waals surface area contributed by atoms with E-state index in [0.717, 1.165) is 11.6 Å². The number of hydrogen-bond acceptors (Lipinski definition) is 4. The molecule has 122 valence electrons. The molecule has 0 bridgehead atoms. The fourth-order valence-electron chi connectivity index (χ4n) is 1.82. The average molecular weight is 357 g/mol. The molecule has 2 aromatic rings. The molecule has 1 aromatic heterocycles. The lowest BCUT2D eigenvalue weighted by atomic mass is 10.2. The lowest BCUT2D eigenvalue weighted by molar-refractivity contribution is -0.136. The average Bonchev–Trinajstić information content (AvgIpc) is 3.05. The van der Waals surface area contributed by atoms with Crippen LogP contribution in [0.3, 0.4) is 0 Å². The van der Waals surface area contributed by atoms with Gasteiger partial charge in [-0.05, 0) is 40.6 Å². The maximum Gasteiger partial charge on any atom is 0.313 e. The predicted octanol–water partition coefficient (Wildman–Crippen LogP) is 2.98. The predicted molar refractivity (Wildman–Crippen MR) is 87.1 cm³/mol. The van der Waals surface area contributed by atoms with E-state index in [1.165, 1.54) is 30.6 Å². The van der Waals surface area contributed by atoms with Gasteiger partial charge in [0, 0.05) is 19.3 Å². The Hall–Kier alpha value is -1.96. The van der Waals surface area contributed by atoms with Gasteiger partial charge < -0.3 is 15.4 Å². The maximum atomic E-state index is 13.0. The van der Waals surface area contributed by atoms with Crippen LogP contribution in [0.5, 0.6) is 0 Å². The number of halogens is 2. The van der Waals surface area contributed by atoms with Crippen molar-refractivity contribution in [1.82, 2.24) is 5.32 Å². The standard InChI is InChI=1S/C15H14ClFN2O3S/c1-22-13(9-4-5-23-8-9)7-18-14(20)15(21)19-10-2-3-12(17)11(16)6-10/h2-6,8,13H,7H2,1H3,(H,18,20)(H,19,21). The minimum atomic E-state index is -0.868. The Morgan fingerprint density at radius 1 is 1.35 bits per heavy atom. The van der Waals surface area contributed by atoms with Crippen LogP contribution in [-0.2, 0) is 14.3 Å². The molecule has 1 atom stereocenters. The third kappa shape index (κ3) is 4.75. The maximum absolute atomic E-state index is 13.0. The highest BCUT2D eigenvalue weighted by molar-refractivity contribution is 7.07. The Morgan fingerprint density at radius 3 is 2.74 bits per heavy atom. The molecule has 0 saturated heterocycles. The first-order valence-corrected chi connectivity index (χ1v) is 7.92. The van der Waals surface area contributed by atoms with Crippen molar-refractivity contribution >= 4 is 40.4 Å². The van der Waals surface area contributed by atoms with Crippen LogP contribution >= 0.6 is 22.9 Å². The van der Waals surface area contributed by atoms with E-state index >= 15 is 0 Å². The molecule has 23 heavy (non-hydrogen) atoms. The largest absolute Gasteiger partial charge is 0.375 e. The number of carbonyl (C=O) groups is 2. The molecule has 0 radical (unpaired) electrons. The van der Waals surface area contributed by atoms with Crippen LogP contribution in [0.2, 0.25) is 5.02 Å². The van der Waals surface area contributed by atoms with Crippen LogP contribution in [-0.4, -0.2) is 25.5 Å². The van der Waals surface area contributed by atoms with Crippen molar-refractivity contribution in [3.63, 3.8) is 0 Å². The normalized spacial score (nSPS) is 11.8. The van der Waals surface area contributed by atoms with E-state index in [2.05, 4.69) is 10.6 Å². The monoisotopic (exact) mass is 356 g/mol. The molecular weight excluding hydrogens is 343 g/mol. The summed E-state index contributed by atoms with van der Waals surface area (Å²) in [7, 11) is 1.52. The van der Waals surface area contributed by atoms with Crippen LogP contribution in [0, 0.1) is 5.82 Å². The van der Waals surface area contributed by atoms with E-state index in [9.17, 15) is 14.0 Å². The van der Waals surface area contributed by atoms with Crippen molar-refractivity contribution < 1.29 is 18.7 Å². The zero-order valence-corrected chi connectivity index (χ0v) is 13.7. The number of methoxy groups -OCH3 is 1. The van der Waals surface area contributed by atoms with E-state index in [-0.39, 0.29) is 23.4 Å². The minimum Gasteiger partial charge on any atom is -0.375 e. The van der Waals surface area contributed by atoms with Crippen molar-refractivity contribution in [3.05, 3.63) is 51.4 Å². The second-order valence-corrected chi connectivity index (χ2v) is 5.76.